The number of carbonyl (C=O) groups is 1. The number of carbonyl (C=O) groups excluding carboxylic acids is 1. The van der Waals surface area contributed by atoms with E-state index in [4.69, 9.17) is 4.74 Å². The summed E-state index contributed by atoms with van der Waals surface area (Å²) in [6.07, 6.45) is 5.90. The minimum absolute atomic E-state index is 0.651. The fourth-order valence-electron chi connectivity index (χ4n) is 3.09. The number of aryl methyl sites for hydroxylation is 2. The van der Waals surface area contributed by atoms with Crippen molar-refractivity contribution in [2.45, 2.75) is 45.6 Å². The van der Waals surface area contributed by atoms with Crippen LogP contribution in [0.5, 0.6) is 5.75 Å². The van der Waals surface area contributed by atoms with Crippen molar-refractivity contribution >= 4 is 6.29 Å². The average molecular weight is 275 g/mol. The SMILES string of the molecule is Cc1cc(C=O)cc(C)c1OCCC1CCCCN1C. The van der Waals surface area contributed by atoms with Crippen molar-refractivity contribution in [2.24, 2.45) is 0 Å². The van der Waals surface area contributed by atoms with Crippen LogP contribution in [0.2, 0.25) is 0 Å². The average Bonchev–Trinajstić information content (AvgIpc) is 2.43. The van der Waals surface area contributed by atoms with Gasteiger partial charge in [0.2, 0.25) is 0 Å². The summed E-state index contributed by atoms with van der Waals surface area (Å²) in [5.41, 5.74) is 2.81. The lowest BCUT2D eigenvalue weighted by Crippen LogP contribution is -2.37. The van der Waals surface area contributed by atoms with Crippen LogP contribution >= 0.6 is 0 Å². The van der Waals surface area contributed by atoms with Crippen LogP contribution in [-0.4, -0.2) is 37.4 Å². The second kappa shape index (κ2) is 6.89. The second-order valence-corrected chi connectivity index (χ2v) is 5.87. The Morgan fingerprint density at radius 1 is 1.30 bits per heavy atom. The molecule has 1 aromatic carbocycles. The van der Waals surface area contributed by atoms with E-state index in [0.29, 0.717) is 6.04 Å². The van der Waals surface area contributed by atoms with Crippen LogP contribution in [-0.2, 0) is 0 Å². The number of ether oxygens (including phenoxy) is 1. The molecule has 1 saturated heterocycles. The van der Waals surface area contributed by atoms with Gasteiger partial charge < -0.3 is 9.64 Å². The molecule has 0 saturated carbocycles. The molecule has 20 heavy (non-hydrogen) atoms. The van der Waals surface area contributed by atoms with Crippen molar-refractivity contribution in [3.05, 3.63) is 28.8 Å². The van der Waals surface area contributed by atoms with Gasteiger partial charge in [0.1, 0.15) is 12.0 Å². The van der Waals surface area contributed by atoms with Crippen LogP contribution in [0.3, 0.4) is 0 Å². The molecule has 0 bridgehead atoms. The molecule has 2 rings (SSSR count). The molecule has 1 fully saturated rings. The zero-order valence-electron chi connectivity index (χ0n) is 12.8. The Labute approximate surface area is 121 Å². The minimum atomic E-state index is 0.651. The van der Waals surface area contributed by atoms with Gasteiger partial charge in [0.15, 0.2) is 0 Å². The number of hydrogen-bond acceptors (Lipinski definition) is 3. The Morgan fingerprint density at radius 2 is 2.00 bits per heavy atom. The minimum Gasteiger partial charge on any atom is -0.493 e. The van der Waals surface area contributed by atoms with Gasteiger partial charge in [-0.05, 0) is 70.0 Å². The van der Waals surface area contributed by atoms with E-state index in [1.54, 1.807) is 0 Å². The number of hydrogen-bond donors (Lipinski definition) is 0. The molecule has 1 atom stereocenters. The Hall–Kier alpha value is -1.35. The maximum absolute atomic E-state index is 10.8. The number of rotatable bonds is 5. The molecule has 0 radical (unpaired) electrons. The summed E-state index contributed by atoms with van der Waals surface area (Å²) < 4.78 is 5.98. The molecular weight excluding hydrogens is 250 g/mol. The van der Waals surface area contributed by atoms with Crippen molar-refractivity contribution in [2.75, 3.05) is 20.2 Å². The molecule has 1 aliphatic rings. The van der Waals surface area contributed by atoms with E-state index in [1.165, 1.54) is 25.8 Å². The summed E-state index contributed by atoms with van der Waals surface area (Å²) in [5, 5.41) is 0. The van der Waals surface area contributed by atoms with E-state index in [0.717, 1.165) is 41.8 Å². The Kier molecular flexibility index (Phi) is 5.18. The normalized spacial score (nSPS) is 19.9. The Balaban J connectivity index is 1.92. The van der Waals surface area contributed by atoms with Crippen LogP contribution in [0.15, 0.2) is 12.1 Å². The van der Waals surface area contributed by atoms with Crippen LogP contribution in [0.1, 0.15) is 47.2 Å². The first-order chi connectivity index (χ1) is 9.61. The molecule has 3 nitrogen and oxygen atoms in total. The Morgan fingerprint density at radius 3 is 2.60 bits per heavy atom. The predicted octanol–water partition coefficient (Wildman–Crippen LogP) is 3.37. The molecule has 0 aliphatic carbocycles. The largest absolute Gasteiger partial charge is 0.493 e. The maximum Gasteiger partial charge on any atom is 0.150 e. The van der Waals surface area contributed by atoms with Gasteiger partial charge in [0.05, 0.1) is 6.61 Å². The highest BCUT2D eigenvalue weighted by Crippen LogP contribution is 2.25. The summed E-state index contributed by atoms with van der Waals surface area (Å²) >= 11 is 0. The standard InChI is InChI=1S/C17H25NO2/c1-13-10-15(12-19)11-14(2)17(13)20-9-7-16-6-4-5-8-18(16)3/h10-12,16H,4-9H2,1-3H3. The first-order valence-electron chi connectivity index (χ1n) is 7.51. The number of benzene rings is 1. The summed E-state index contributed by atoms with van der Waals surface area (Å²) in [5.74, 6) is 0.939. The van der Waals surface area contributed by atoms with Gasteiger partial charge >= 0.3 is 0 Å². The van der Waals surface area contributed by atoms with E-state index in [1.807, 2.05) is 26.0 Å². The lowest BCUT2D eigenvalue weighted by atomic mass is 10.0. The molecule has 1 heterocycles. The van der Waals surface area contributed by atoms with Gasteiger partial charge in [0, 0.05) is 11.6 Å². The molecule has 1 aliphatic heterocycles. The third kappa shape index (κ3) is 3.60. The monoisotopic (exact) mass is 275 g/mol. The Bertz CT molecular complexity index is 447. The van der Waals surface area contributed by atoms with E-state index < -0.39 is 0 Å². The fraction of sp³-hybridized carbons (Fsp3) is 0.588. The predicted molar refractivity (Wildman–Crippen MR) is 81.7 cm³/mol. The number of piperidine rings is 1. The lowest BCUT2D eigenvalue weighted by molar-refractivity contribution is 0.112. The highest BCUT2D eigenvalue weighted by Gasteiger charge is 2.18. The van der Waals surface area contributed by atoms with Crippen LogP contribution in [0.4, 0.5) is 0 Å². The highest BCUT2D eigenvalue weighted by atomic mass is 16.5. The number of aldehydes is 1. The summed E-state index contributed by atoms with van der Waals surface area (Å²) in [6, 6.07) is 4.43. The molecule has 0 N–H and O–H groups in total. The second-order valence-electron chi connectivity index (χ2n) is 5.87. The molecule has 1 aromatic rings. The van der Waals surface area contributed by atoms with E-state index in [9.17, 15) is 4.79 Å². The van der Waals surface area contributed by atoms with Gasteiger partial charge in [-0.1, -0.05) is 6.42 Å². The van der Waals surface area contributed by atoms with Crippen LogP contribution in [0.25, 0.3) is 0 Å². The fourth-order valence-corrected chi connectivity index (χ4v) is 3.09. The molecule has 0 aromatic heterocycles. The highest BCUT2D eigenvalue weighted by molar-refractivity contribution is 5.76. The zero-order chi connectivity index (χ0) is 14.5. The van der Waals surface area contributed by atoms with Crippen molar-refractivity contribution in [3.8, 4) is 5.75 Å². The van der Waals surface area contributed by atoms with Crippen molar-refractivity contribution in [1.29, 1.82) is 0 Å². The summed E-state index contributed by atoms with van der Waals surface area (Å²) in [4.78, 5) is 13.3. The maximum atomic E-state index is 10.8. The number of likely N-dealkylation sites (tertiary alicyclic amines) is 1. The summed E-state index contributed by atoms with van der Waals surface area (Å²) in [6.45, 7) is 5.96. The molecule has 0 spiro atoms. The van der Waals surface area contributed by atoms with Gasteiger partial charge in [-0.2, -0.15) is 0 Å². The van der Waals surface area contributed by atoms with E-state index >= 15 is 0 Å². The molecular formula is C17H25NO2. The van der Waals surface area contributed by atoms with Crippen LogP contribution < -0.4 is 4.74 Å². The molecule has 3 heteroatoms. The smallest absolute Gasteiger partial charge is 0.150 e. The number of nitrogens with zero attached hydrogens (tertiary/aromatic N) is 1. The van der Waals surface area contributed by atoms with Crippen molar-refractivity contribution in [1.82, 2.24) is 4.90 Å². The van der Waals surface area contributed by atoms with Crippen molar-refractivity contribution in [3.63, 3.8) is 0 Å². The third-order valence-corrected chi connectivity index (χ3v) is 4.24. The van der Waals surface area contributed by atoms with Crippen LogP contribution in [0, 0.1) is 13.8 Å². The quantitative estimate of drug-likeness (QED) is 0.772. The topological polar surface area (TPSA) is 29.5 Å². The lowest BCUT2D eigenvalue weighted by Gasteiger charge is -2.32. The van der Waals surface area contributed by atoms with Gasteiger partial charge in [-0.15, -0.1) is 0 Å². The van der Waals surface area contributed by atoms with Gasteiger partial charge in [-0.25, -0.2) is 0 Å². The first-order valence-corrected chi connectivity index (χ1v) is 7.51. The van der Waals surface area contributed by atoms with Crippen molar-refractivity contribution < 1.29 is 9.53 Å². The van der Waals surface area contributed by atoms with E-state index in [2.05, 4.69) is 11.9 Å². The summed E-state index contributed by atoms with van der Waals surface area (Å²) in [7, 11) is 2.21. The van der Waals surface area contributed by atoms with E-state index in [-0.39, 0.29) is 0 Å². The van der Waals surface area contributed by atoms with Gasteiger partial charge in [-0.3, -0.25) is 4.79 Å². The zero-order valence-corrected chi connectivity index (χ0v) is 12.8. The molecule has 110 valence electrons. The van der Waals surface area contributed by atoms with Gasteiger partial charge in [0.25, 0.3) is 0 Å². The third-order valence-electron chi connectivity index (χ3n) is 4.24. The molecule has 1 unspecified atom stereocenters. The molecule has 0 amide bonds. The first kappa shape index (κ1) is 15.0.